The van der Waals surface area contributed by atoms with Gasteiger partial charge in [-0.2, -0.15) is 0 Å². The monoisotopic (exact) mass is 346 g/mol. The van der Waals surface area contributed by atoms with E-state index >= 15 is 0 Å². The highest BCUT2D eigenvalue weighted by Gasteiger charge is 2.36. The van der Waals surface area contributed by atoms with Crippen LogP contribution in [0.15, 0.2) is 18.2 Å². The molecule has 2 heterocycles. The summed E-state index contributed by atoms with van der Waals surface area (Å²) >= 11 is 0. The molecule has 2 aliphatic heterocycles. The Hall–Kier alpha value is -1.75. The molecule has 0 unspecified atom stereocenters. The quantitative estimate of drug-likeness (QED) is 0.840. The number of rotatable bonds is 4. The van der Waals surface area contributed by atoms with Gasteiger partial charge in [0, 0.05) is 36.8 Å². The van der Waals surface area contributed by atoms with Gasteiger partial charge in [-0.25, -0.2) is 0 Å². The van der Waals surface area contributed by atoms with Gasteiger partial charge < -0.3 is 14.4 Å². The lowest BCUT2D eigenvalue weighted by Crippen LogP contribution is -2.52. The third-order valence-electron chi connectivity index (χ3n) is 5.76. The van der Waals surface area contributed by atoms with Crippen molar-refractivity contribution in [1.29, 1.82) is 0 Å². The van der Waals surface area contributed by atoms with Gasteiger partial charge >= 0.3 is 0 Å². The molecule has 0 spiro atoms. The number of ether oxygens (including phenoxy) is 2. The highest BCUT2D eigenvalue weighted by molar-refractivity contribution is 5.95. The van der Waals surface area contributed by atoms with Gasteiger partial charge in [-0.1, -0.05) is 0 Å². The number of benzene rings is 1. The van der Waals surface area contributed by atoms with E-state index in [4.69, 9.17) is 9.47 Å². The summed E-state index contributed by atoms with van der Waals surface area (Å²) in [5, 5.41) is 0. The van der Waals surface area contributed by atoms with Gasteiger partial charge in [-0.15, -0.1) is 0 Å². The number of methoxy groups -OCH3 is 2. The van der Waals surface area contributed by atoms with E-state index in [1.54, 1.807) is 26.4 Å². The van der Waals surface area contributed by atoms with E-state index < -0.39 is 0 Å². The molecule has 0 N–H and O–H groups in total. The van der Waals surface area contributed by atoms with E-state index in [1.807, 2.05) is 11.0 Å². The third kappa shape index (κ3) is 3.61. The topological polar surface area (TPSA) is 42.0 Å². The maximum absolute atomic E-state index is 13.0. The maximum Gasteiger partial charge on any atom is 0.254 e. The molecule has 1 aromatic carbocycles. The van der Waals surface area contributed by atoms with Gasteiger partial charge in [-0.3, -0.25) is 9.69 Å². The Morgan fingerprint density at radius 2 is 1.72 bits per heavy atom. The summed E-state index contributed by atoms with van der Waals surface area (Å²) in [7, 11) is 3.20. The lowest BCUT2D eigenvalue weighted by molar-refractivity contribution is 0.0487. The summed E-state index contributed by atoms with van der Waals surface area (Å²) in [6.45, 7) is 6.29. The standard InChI is InChI=1S/C20H30N2O3/c1-14-7-8-15(2)22(14)17-6-5-11-21(13-17)20(23)16-9-10-18(24-3)19(12-16)25-4/h9-10,12,14-15,17H,5-8,11,13H2,1-4H3/t14-,15-,17+/m1/s1. The van der Waals surface area contributed by atoms with Crippen molar-refractivity contribution in [1.82, 2.24) is 9.80 Å². The van der Waals surface area contributed by atoms with Crippen LogP contribution in [0.2, 0.25) is 0 Å². The zero-order valence-electron chi connectivity index (χ0n) is 15.8. The van der Waals surface area contributed by atoms with Crippen LogP contribution in [-0.4, -0.2) is 61.1 Å². The Balaban J connectivity index is 1.74. The van der Waals surface area contributed by atoms with Crippen molar-refractivity contribution in [2.75, 3.05) is 27.3 Å². The molecular weight excluding hydrogens is 316 g/mol. The van der Waals surface area contributed by atoms with Crippen LogP contribution in [0.4, 0.5) is 0 Å². The van der Waals surface area contributed by atoms with E-state index in [0.29, 0.717) is 35.2 Å². The molecule has 2 aliphatic rings. The Morgan fingerprint density at radius 1 is 1.04 bits per heavy atom. The molecule has 2 fully saturated rings. The van der Waals surface area contributed by atoms with Crippen LogP contribution in [0.3, 0.4) is 0 Å². The van der Waals surface area contributed by atoms with Crippen LogP contribution >= 0.6 is 0 Å². The van der Waals surface area contributed by atoms with Gasteiger partial charge in [0.2, 0.25) is 0 Å². The first-order valence-electron chi connectivity index (χ1n) is 9.34. The second kappa shape index (κ2) is 7.65. The van der Waals surface area contributed by atoms with E-state index in [1.165, 1.54) is 19.3 Å². The Morgan fingerprint density at radius 3 is 2.36 bits per heavy atom. The normalized spacial score (nSPS) is 27.4. The van der Waals surface area contributed by atoms with Crippen LogP contribution in [-0.2, 0) is 0 Å². The minimum Gasteiger partial charge on any atom is -0.493 e. The largest absolute Gasteiger partial charge is 0.493 e. The van der Waals surface area contributed by atoms with Gasteiger partial charge in [-0.05, 0) is 57.7 Å². The molecule has 25 heavy (non-hydrogen) atoms. The molecule has 2 saturated heterocycles. The second-order valence-electron chi connectivity index (χ2n) is 7.34. The first-order chi connectivity index (χ1) is 12.0. The van der Waals surface area contributed by atoms with Crippen molar-refractivity contribution in [3.63, 3.8) is 0 Å². The van der Waals surface area contributed by atoms with E-state index in [9.17, 15) is 4.79 Å². The first-order valence-corrected chi connectivity index (χ1v) is 9.34. The molecule has 5 heteroatoms. The molecule has 1 aromatic rings. The van der Waals surface area contributed by atoms with Gasteiger partial charge in [0.15, 0.2) is 11.5 Å². The molecule has 0 bridgehead atoms. The molecule has 0 aliphatic carbocycles. The first kappa shape index (κ1) is 18.1. The fraction of sp³-hybridized carbons (Fsp3) is 0.650. The van der Waals surface area contributed by atoms with E-state index in [0.717, 1.165) is 19.5 Å². The van der Waals surface area contributed by atoms with Crippen molar-refractivity contribution >= 4 is 5.91 Å². The highest BCUT2D eigenvalue weighted by atomic mass is 16.5. The fourth-order valence-corrected chi connectivity index (χ4v) is 4.47. The molecular formula is C20H30N2O3. The zero-order chi connectivity index (χ0) is 18.0. The van der Waals surface area contributed by atoms with Crippen LogP contribution in [0.1, 0.15) is 49.9 Å². The summed E-state index contributed by atoms with van der Waals surface area (Å²) in [6, 6.07) is 7.14. The Bertz CT molecular complexity index is 609. The number of carbonyl (C=O) groups excluding carboxylic acids is 1. The number of piperidine rings is 1. The van der Waals surface area contributed by atoms with Gasteiger partial charge in [0.05, 0.1) is 14.2 Å². The molecule has 1 amide bonds. The smallest absolute Gasteiger partial charge is 0.254 e. The summed E-state index contributed by atoms with van der Waals surface area (Å²) in [5.74, 6) is 1.34. The van der Waals surface area contributed by atoms with Crippen molar-refractivity contribution in [2.45, 2.75) is 57.7 Å². The molecule has 0 aromatic heterocycles. The number of nitrogens with zero attached hydrogens (tertiary/aromatic N) is 2. The molecule has 5 nitrogen and oxygen atoms in total. The maximum atomic E-state index is 13.0. The van der Waals surface area contributed by atoms with Crippen LogP contribution in [0.25, 0.3) is 0 Å². The second-order valence-corrected chi connectivity index (χ2v) is 7.34. The summed E-state index contributed by atoms with van der Waals surface area (Å²) in [5.41, 5.74) is 0.667. The van der Waals surface area contributed by atoms with Crippen LogP contribution in [0.5, 0.6) is 11.5 Å². The molecule has 0 saturated carbocycles. The summed E-state index contributed by atoms with van der Waals surface area (Å²) < 4.78 is 10.6. The van der Waals surface area contributed by atoms with E-state index in [-0.39, 0.29) is 5.91 Å². The minimum atomic E-state index is 0.0881. The molecule has 0 radical (unpaired) electrons. The van der Waals surface area contributed by atoms with Crippen LogP contribution < -0.4 is 9.47 Å². The fourth-order valence-electron chi connectivity index (χ4n) is 4.47. The Labute approximate surface area is 150 Å². The van der Waals surface area contributed by atoms with Gasteiger partial charge in [0.25, 0.3) is 5.91 Å². The number of carbonyl (C=O) groups is 1. The number of likely N-dealkylation sites (tertiary alicyclic amines) is 2. The van der Waals surface area contributed by atoms with Gasteiger partial charge in [0.1, 0.15) is 0 Å². The average molecular weight is 346 g/mol. The number of hydrogen-bond donors (Lipinski definition) is 0. The highest BCUT2D eigenvalue weighted by Crippen LogP contribution is 2.31. The predicted molar refractivity (Wildman–Crippen MR) is 98.5 cm³/mol. The lowest BCUT2D eigenvalue weighted by atomic mass is 10.0. The number of hydrogen-bond acceptors (Lipinski definition) is 4. The minimum absolute atomic E-state index is 0.0881. The SMILES string of the molecule is COc1ccc(C(=O)N2CCC[C@H](N3[C@H](C)CC[C@H]3C)C2)cc1OC. The molecule has 3 rings (SSSR count). The molecule has 3 atom stereocenters. The van der Waals surface area contributed by atoms with Crippen molar-refractivity contribution in [3.05, 3.63) is 23.8 Å². The third-order valence-corrected chi connectivity index (χ3v) is 5.76. The summed E-state index contributed by atoms with van der Waals surface area (Å²) in [6.07, 6.45) is 4.78. The zero-order valence-corrected chi connectivity index (χ0v) is 15.8. The predicted octanol–water partition coefficient (Wildman–Crippen LogP) is 3.18. The Kier molecular flexibility index (Phi) is 5.52. The van der Waals surface area contributed by atoms with Crippen LogP contribution in [0, 0.1) is 0 Å². The van der Waals surface area contributed by atoms with Crippen molar-refractivity contribution in [2.24, 2.45) is 0 Å². The molecule has 138 valence electrons. The van der Waals surface area contributed by atoms with E-state index in [2.05, 4.69) is 18.7 Å². The summed E-state index contributed by atoms with van der Waals surface area (Å²) in [4.78, 5) is 17.6. The average Bonchev–Trinajstić information content (AvgIpc) is 2.99. The number of amides is 1. The van der Waals surface area contributed by atoms with Crippen molar-refractivity contribution < 1.29 is 14.3 Å². The lowest BCUT2D eigenvalue weighted by Gasteiger charge is -2.41. The van der Waals surface area contributed by atoms with Crippen molar-refractivity contribution in [3.8, 4) is 11.5 Å².